The van der Waals surface area contributed by atoms with Gasteiger partial charge >= 0.3 is 12.2 Å². The molecular weight excluding hydrogens is 450 g/mol. The molecule has 0 saturated carbocycles. The lowest BCUT2D eigenvalue weighted by molar-refractivity contribution is -0.141. The van der Waals surface area contributed by atoms with Crippen molar-refractivity contribution in [1.29, 1.82) is 5.26 Å². The van der Waals surface area contributed by atoms with Crippen LogP contribution < -0.4 is 4.74 Å². The quantitative estimate of drug-likeness (QED) is 0.451. The maximum atomic E-state index is 14.3. The van der Waals surface area contributed by atoms with Gasteiger partial charge in [0.05, 0.1) is 28.5 Å². The van der Waals surface area contributed by atoms with Gasteiger partial charge in [-0.3, -0.25) is 0 Å². The molecule has 0 bridgehead atoms. The highest BCUT2D eigenvalue weighted by Crippen LogP contribution is 2.39. The normalized spacial score (nSPS) is 13.6. The summed E-state index contributed by atoms with van der Waals surface area (Å²) in [5.41, 5.74) is -3.40. The first-order chi connectivity index (χ1) is 14.7. The van der Waals surface area contributed by atoms with Gasteiger partial charge in [-0.1, -0.05) is 17.7 Å². The molecule has 1 aromatic carbocycles. The average Bonchev–Trinajstić information content (AvgIpc) is 2.73. The highest BCUT2D eigenvalue weighted by molar-refractivity contribution is 6.30. The van der Waals surface area contributed by atoms with Crippen molar-refractivity contribution in [3.63, 3.8) is 0 Å². The Hall–Kier alpha value is -3.13. The fraction of sp³-hybridized carbons (Fsp3) is 0.263. The summed E-state index contributed by atoms with van der Waals surface area (Å²) in [5.74, 6) is -0.157. The highest BCUT2D eigenvalue weighted by Gasteiger charge is 2.39. The van der Waals surface area contributed by atoms with Gasteiger partial charge in [0.2, 0.25) is 0 Å². The molecule has 0 aliphatic carbocycles. The minimum absolute atomic E-state index is 0.157. The first-order valence-electron chi connectivity index (χ1n) is 8.58. The predicted molar refractivity (Wildman–Crippen MR) is 98.0 cm³/mol. The monoisotopic (exact) mass is 460 g/mol. The van der Waals surface area contributed by atoms with E-state index in [2.05, 4.69) is 15.0 Å². The minimum atomic E-state index is -5.05. The fourth-order valence-corrected chi connectivity index (χ4v) is 2.94. The molecule has 2 atom stereocenters. The van der Waals surface area contributed by atoms with Crippen molar-refractivity contribution in [2.75, 3.05) is 6.67 Å². The molecule has 0 aliphatic heterocycles. The second-order valence-electron chi connectivity index (χ2n) is 6.25. The van der Waals surface area contributed by atoms with Crippen LogP contribution in [0.4, 0.5) is 26.3 Å². The summed E-state index contributed by atoms with van der Waals surface area (Å²) in [4.78, 5) is 11.1. The van der Waals surface area contributed by atoms with Gasteiger partial charge in [-0.05, 0) is 17.7 Å². The Morgan fingerprint density at radius 1 is 1.13 bits per heavy atom. The summed E-state index contributed by atoms with van der Waals surface area (Å²) in [6, 6.07) is 4.90. The second-order valence-corrected chi connectivity index (χ2v) is 6.69. The highest BCUT2D eigenvalue weighted by atomic mass is 35.5. The third kappa shape index (κ3) is 4.80. The summed E-state index contributed by atoms with van der Waals surface area (Å²) in [7, 11) is 0. The van der Waals surface area contributed by atoms with E-state index < -0.39 is 48.4 Å². The van der Waals surface area contributed by atoms with Crippen molar-refractivity contribution < 1.29 is 31.1 Å². The Bertz CT molecular complexity index is 1130. The van der Waals surface area contributed by atoms with E-state index in [1.165, 1.54) is 36.7 Å². The van der Waals surface area contributed by atoms with Crippen LogP contribution in [-0.4, -0.2) is 34.0 Å². The van der Waals surface area contributed by atoms with Crippen molar-refractivity contribution in [1.82, 2.24) is 15.0 Å². The number of hydrogen-bond donors (Lipinski definition) is 0. The zero-order valence-corrected chi connectivity index (χ0v) is 16.1. The van der Waals surface area contributed by atoms with Crippen LogP contribution in [0.15, 0.2) is 30.6 Å². The van der Waals surface area contributed by atoms with Gasteiger partial charge in [-0.2, -0.15) is 18.4 Å². The number of fused-ring (bicyclic) bond motifs is 1. The topological polar surface area (TPSA) is 71.7 Å². The van der Waals surface area contributed by atoms with E-state index in [0.717, 1.165) is 0 Å². The molecule has 3 rings (SSSR count). The first kappa shape index (κ1) is 22.6. The number of nitriles is 1. The Balaban J connectivity index is 2.27. The molecule has 5 nitrogen and oxygen atoms in total. The van der Waals surface area contributed by atoms with Crippen LogP contribution in [0.5, 0.6) is 11.8 Å². The van der Waals surface area contributed by atoms with Crippen LogP contribution in [0.2, 0.25) is 5.02 Å². The van der Waals surface area contributed by atoms with Crippen molar-refractivity contribution in [3.05, 3.63) is 52.4 Å². The number of nitrogens with zero attached hydrogens (tertiary/aromatic N) is 4. The van der Waals surface area contributed by atoms with Gasteiger partial charge in [-0.25, -0.2) is 28.1 Å². The molecule has 31 heavy (non-hydrogen) atoms. The van der Waals surface area contributed by atoms with Gasteiger partial charge in [0.25, 0.3) is 0 Å². The van der Waals surface area contributed by atoms with Crippen LogP contribution in [0.25, 0.3) is 10.9 Å². The molecule has 2 aromatic heterocycles. The third-order valence-corrected chi connectivity index (χ3v) is 4.39. The molecule has 2 heterocycles. The molecule has 3 aromatic rings. The zero-order chi connectivity index (χ0) is 22.8. The Morgan fingerprint density at radius 2 is 1.81 bits per heavy atom. The summed E-state index contributed by atoms with van der Waals surface area (Å²) < 4.78 is 86.3. The number of rotatable bonds is 6. The van der Waals surface area contributed by atoms with Crippen LogP contribution in [-0.2, 0) is 12.6 Å². The van der Waals surface area contributed by atoms with Gasteiger partial charge in [0, 0.05) is 11.8 Å². The van der Waals surface area contributed by atoms with Crippen LogP contribution in [0.1, 0.15) is 16.8 Å². The second kappa shape index (κ2) is 8.93. The molecule has 0 amide bonds. The smallest absolute Gasteiger partial charge is 0.424 e. The molecular formula is C19H11ClF6N4O. The van der Waals surface area contributed by atoms with Crippen molar-refractivity contribution in [3.8, 4) is 17.8 Å². The standard InChI is InChI=1S/C19H11ClF6N4O/c20-9-7-28-18(29-8-9)31-15-3-1-2-14-16(15)10(4-12(22)13(23)5-21)11(6-27)17(30-14)19(24,25)26/h1-3,7-8,12-13H,4-5H2. The summed E-state index contributed by atoms with van der Waals surface area (Å²) in [6.45, 7) is -1.68. The number of benzene rings is 1. The van der Waals surface area contributed by atoms with E-state index in [1.807, 2.05) is 0 Å². The largest absolute Gasteiger partial charge is 0.434 e. The Labute approximate surface area is 176 Å². The van der Waals surface area contributed by atoms with Gasteiger partial charge in [0.15, 0.2) is 11.9 Å². The van der Waals surface area contributed by atoms with E-state index in [0.29, 0.717) is 0 Å². The van der Waals surface area contributed by atoms with Crippen LogP contribution in [0.3, 0.4) is 0 Å². The van der Waals surface area contributed by atoms with Gasteiger partial charge in [-0.15, -0.1) is 0 Å². The molecule has 0 radical (unpaired) electrons. The molecule has 0 N–H and O–H groups in total. The van der Waals surface area contributed by atoms with Crippen LogP contribution in [0, 0.1) is 11.3 Å². The molecule has 0 saturated heterocycles. The molecule has 0 spiro atoms. The molecule has 12 heteroatoms. The summed E-state index contributed by atoms with van der Waals surface area (Å²) in [6.07, 6.45) is -8.77. The predicted octanol–water partition coefficient (Wildman–Crippen LogP) is 5.55. The van der Waals surface area contributed by atoms with E-state index in [4.69, 9.17) is 16.3 Å². The summed E-state index contributed by atoms with van der Waals surface area (Å²) >= 11 is 5.69. The van der Waals surface area contributed by atoms with E-state index in [-0.39, 0.29) is 27.7 Å². The number of pyridine rings is 1. The number of alkyl halides is 6. The van der Waals surface area contributed by atoms with E-state index >= 15 is 0 Å². The van der Waals surface area contributed by atoms with Crippen molar-refractivity contribution >= 4 is 22.5 Å². The van der Waals surface area contributed by atoms with E-state index in [1.54, 1.807) is 0 Å². The fourth-order valence-electron chi connectivity index (χ4n) is 2.85. The lowest BCUT2D eigenvalue weighted by Gasteiger charge is -2.18. The third-order valence-electron chi connectivity index (χ3n) is 4.19. The number of hydrogen-bond acceptors (Lipinski definition) is 5. The Kier molecular flexibility index (Phi) is 6.50. The van der Waals surface area contributed by atoms with Crippen molar-refractivity contribution in [2.24, 2.45) is 0 Å². The summed E-state index contributed by atoms with van der Waals surface area (Å²) in [5, 5.41) is 9.39. The Morgan fingerprint density at radius 3 is 2.39 bits per heavy atom. The lowest BCUT2D eigenvalue weighted by atomic mass is 9.94. The maximum Gasteiger partial charge on any atom is 0.434 e. The average molecular weight is 461 g/mol. The number of aromatic nitrogens is 3. The first-order valence-corrected chi connectivity index (χ1v) is 8.96. The van der Waals surface area contributed by atoms with Crippen molar-refractivity contribution in [2.45, 2.75) is 24.9 Å². The van der Waals surface area contributed by atoms with E-state index in [9.17, 15) is 31.6 Å². The van der Waals surface area contributed by atoms with Crippen LogP contribution >= 0.6 is 11.6 Å². The zero-order valence-electron chi connectivity index (χ0n) is 15.3. The molecule has 162 valence electrons. The number of halogens is 7. The van der Waals surface area contributed by atoms with Gasteiger partial charge < -0.3 is 4.74 Å². The van der Waals surface area contributed by atoms with Gasteiger partial charge in [0.1, 0.15) is 24.7 Å². The minimum Gasteiger partial charge on any atom is -0.424 e. The maximum absolute atomic E-state index is 14.3. The lowest BCUT2D eigenvalue weighted by Crippen LogP contribution is -2.23. The molecule has 0 aliphatic rings. The number of ether oxygens (including phenoxy) is 1. The molecule has 2 unspecified atom stereocenters. The molecule has 0 fully saturated rings. The SMILES string of the molecule is N#Cc1c(C(F)(F)F)nc2cccc(Oc3ncc(Cl)cn3)c2c1CC(F)C(F)CF.